The Morgan fingerprint density at radius 2 is 2.00 bits per heavy atom. The Morgan fingerprint density at radius 3 is 2.79 bits per heavy atom. The van der Waals surface area contributed by atoms with Gasteiger partial charge in [0.25, 0.3) is 0 Å². The van der Waals surface area contributed by atoms with E-state index in [0.29, 0.717) is 10.6 Å². The van der Waals surface area contributed by atoms with Crippen molar-refractivity contribution in [1.82, 2.24) is 0 Å². The van der Waals surface area contributed by atoms with Gasteiger partial charge in [0.1, 0.15) is 5.82 Å². The SMILES string of the molecule is NC(c1ccc(Cl)cc1F)C1CCc2ccccc21. The largest absolute Gasteiger partial charge is 0.323 e. The monoisotopic (exact) mass is 275 g/mol. The van der Waals surface area contributed by atoms with Gasteiger partial charge < -0.3 is 5.73 Å². The van der Waals surface area contributed by atoms with Crippen LogP contribution >= 0.6 is 11.6 Å². The topological polar surface area (TPSA) is 26.0 Å². The number of hydrogen-bond acceptors (Lipinski definition) is 1. The minimum absolute atomic E-state index is 0.187. The summed E-state index contributed by atoms with van der Waals surface area (Å²) in [6.07, 6.45) is 1.99. The van der Waals surface area contributed by atoms with Crippen LogP contribution in [0.15, 0.2) is 42.5 Å². The van der Waals surface area contributed by atoms with Gasteiger partial charge in [-0.05, 0) is 36.1 Å². The highest BCUT2D eigenvalue weighted by atomic mass is 35.5. The molecule has 0 spiro atoms. The molecule has 0 bridgehead atoms. The zero-order valence-electron chi connectivity index (χ0n) is 10.4. The molecule has 0 saturated heterocycles. The highest BCUT2D eigenvalue weighted by Gasteiger charge is 2.29. The van der Waals surface area contributed by atoms with E-state index in [9.17, 15) is 4.39 Å². The van der Waals surface area contributed by atoms with Crippen LogP contribution in [0.3, 0.4) is 0 Å². The Hall–Kier alpha value is -1.38. The molecule has 3 heteroatoms. The molecule has 2 N–H and O–H groups in total. The molecule has 0 aromatic heterocycles. The third kappa shape index (κ3) is 2.26. The maximum absolute atomic E-state index is 14.0. The molecule has 0 fully saturated rings. The third-order valence-electron chi connectivity index (χ3n) is 3.93. The lowest BCUT2D eigenvalue weighted by Gasteiger charge is -2.21. The molecule has 2 unspecified atom stereocenters. The number of hydrogen-bond donors (Lipinski definition) is 1. The first-order valence-corrected chi connectivity index (χ1v) is 6.83. The second kappa shape index (κ2) is 4.95. The van der Waals surface area contributed by atoms with Crippen molar-refractivity contribution >= 4 is 11.6 Å². The fourth-order valence-electron chi connectivity index (χ4n) is 2.95. The van der Waals surface area contributed by atoms with Crippen molar-refractivity contribution in [3.8, 4) is 0 Å². The van der Waals surface area contributed by atoms with Gasteiger partial charge in [-0.15, -0.1) is 0 Å². The van der Waals surface area contributed by atoms with Crippen LogP contribution in [0.4, 0.5) is 4.39 Å². The smallest absolute Gasteiger partial charge is 0.129 e. The van der Waals surface area contributed by atoms with Gasteiger partial charge in [-0.1, -0.05) is 41.9 Å². The summed E-state index contributed by atoms with van der Waals surface area (Å²) < 4.78 is 14.0. The van der Waals surface area contributed by atoms with Gasteiger partial charge in [-0.2, -0.15) is 0 Å². The van der Waals surface area contributed by atoms with Crippen LogP contribution in [-0.4, -0.2) is 0 Å². The van der Waals surface area contributed by atoms with E-state index < -0.39 is 0 Å². The summed E-state index contributed by atoms with van der Waals surface area (Å²) in [6.45, 7) is 0. The first-order valence-electron chi connectivity index (χ1n) is 6.45. The van der Waals surface area contributed by atoms with E-state index in [1.54, 1.807) is 12.1 Å². The molecule has 0 aliphatic heterocycles. The van der Waals surface area contributed by atoms with E-state index in [4.69, 9.17) is 17.3 Å². The second-order valence-corrected chi connectivity index (χ2v) is 5.47. The number of fused-ring (bicyclic) bond motifs is 1. The Morgan fingerprint density at radius 1 is 1.21 bits per heavy atom. The average molecular weight is 276 g/mol. The molecule has 1 aliphatic carbocycles. The second-order valence-electron chi connectivity index (χ2n) is 5.04. The molecule has 1 aliphatic rings. The first-order chi connectivity index (χ1) is 9.16. The summed E-state index contributed by atoms with van der Waals surface area (Å²) in [4.78, 5) is 0. The quantitative estimate of drug-likeness (QED) is 0.873. The summed E-state index contributed by atoms with van der Waals surface area (Å²) in [5.74, 6) is -0.128. The van der Waals surface area contributed by atoms with Gasteiger partial charge in [0, 0.05) is 22.5 Å². The highest BCUT2D eigenvalue weighted by molar-refractivity contribution is 6.30. The maximum Gasteiger partial charge on any atom is 0.129 e. The maximum atomic E-state index is 14.0. The number of nitrogens with two attached hydrogens (primary N) is 1. The summed E-state index contributed by atoms with van der Waals surface area (Å²) in [5.41, 5.74) is 9.42. The van der Waals surface area contributed by atoms with Crippen molar-refractivity contribution in [1.29, 1.82) is 0 Å². The van der Waals surface area contributed by atoms with Crippen molar-refractivity contribution in [2.24, 2.45) is 5.73 Å². The molecular weight excluding hydrogens is 261 g/mol. The van der Waals surface area contributed by atoms with E-state index in [2.05, 4.69) is 12.1 Å². The summed E-state index contributed by atoms with van der Waals surface area (Å²) in [6, 6.07) is 12.7. The lowest BCUT2D eigenvalue weighted by Crippen LogP contribution is -2.19. The summed E-state index contributed by atoms with van der Waals surface area (Å²) in [5, 5.41) is 0.403. The average Bonchev–Trinajstić information content (AvgIpc) is 2.82. The zero-order chi connectivity index (χ0) is 13.4. The van der Waals surface area contributed by atoms with Gasteiger partial charge in [0.15, 0.2) is 0 Å². The standard InChI is InChI=1S/C16H15ClFN/c17-11-6-8-14(15(18)9-11)16(19)13-7-5-10-3-1-2-4-12(10)13/h1-4,6,8-9,13,16H,5,7,19H2. The lowest BCUT2D eigenvalue weighted by molar-refractivity contribution is 0.514. The van der Waals surface area contributed by atoms with Crippen molar-refractivity contribution in [3.63, 3.8) is 0 Å². The molecule has 2 atom stereocenters. The summed E-state index contributed by atoms with van der Waals surface area (Å²) in [7, 11) is 0. The van der Waals surface area contributed by atoms with E-state index in [1.165, 1.54) is 17.2 Å². The normalized spacial score (nSPS) is 19.2. The Labute approximate surface area is 117 Å². The Kier molecular flexibility index (Phi) is 3.29. The van der Waals surface area contributed by atoms with Crippen molar-refractivity contribution in [2.75, 3.05) is 0 Å². The van der Waals surface area contributed by atoms with Crippen molar-refractivity contribution < 1.29 is 4.39 Å². The van der Waals surface area contributed by atoms with E-state index in [1.807, 2.05) is 12.1 Å². The molecule has 19 heavy (non-hydrogen) atoms. The Balaban J connectivity index is 1.95. The summed E-state index contributed by atoms with van der Waals surface area (Å²) >= 11 is 5.78. The minimum Gasteiger partial charge on any atom is -0.323 e. The van der Waals surface area contributed by atoms with Crippen LogP contribution in [0.1, 0.15) is 35.1 Å². The van der Waals surface area contributed by atoms with Gasteiger partial charge in [-0.3, -0.25) is 0 Å². The zero-order valence-corrected chi connectivity index (χ0v) is 11.2. The van der Waals surface area contributed by atoms with Crippen LogP contribution in [0.5, 0.6) is 0 Å². The van der Waals surface area contributed by atoms with Crippen LogP contribution in [0.2, 0.25) is 5.02 Å². The molecule has 0 radical (unpaired) electrons. The van der Waals surface area contributed by atoms with Gasteiger partial charge >= 0.3 is 0 Å². The highest BCUT2D eigenvalue weighted by Crippen LogP contribution is 2.41. The first kappa shape index (κ1) is 12.6. The van der Waals surface area contributed by atoms with E-state index in [0.717, 1.165) is 12.8 Å². The van der Waals surface area contributed by atoms with Crippen molar-refractivity contribution in [3.05, 3.63) is 70.0 Å². The molecule has 0 saturated carbocycles. The van der Waals surface area contributed by atoms with E-state index >= 15 is 0 Å². The molecule has 98 valence electrons. The fourth-order valence-corrected chi connectivity index (χ4v) is 3.11. The lowest BCUT2D eigenvalue weighted by atomic mass is 9.89. The number of halogens is 2. The van der Waals surface area contributed by atoms with E-state index in [-0.39, 0.29) is 17.8 Å². The Bertz CT molecular complexity index is 611. The molecule has 1 nitrogen and oxygen atoms in total. The molecule has 0 heterocycles. The predicted molar refractivity (Wildman–Crippen MR) is 75.8 cm³/mol. The molecule has 2 aromatic rings. The predicted octanol–water partition coefficient (Wildman–Crippen LogP) is 4.21. The number of rotatable bonds is 2. The minimum atomic E-state index is -0.319. The molecular formula is C16H15ClFN. The van der Waals surface area contributed by atoms with Crippen LogP contribution < -0.4 is 5.73 Å². The van der Waals surface area contributed by atoms with Gasteiger partial charge in [0.2, 0.25) is 0 Å². The third-order valence-corrected chi connectivity index (χ3v) is 4.17. The van der Waals surface area contributed by atoms with Gasteiger partial charge in [-0.25, -0.2) is 4.39 Å². The van der Waals surface area contributed by atoms with Crippen molar-refractivity contribution in [2.45, 2.75) is 24.8 Å². The number of aryl methyl sites for hydroxylation is 1. The van der Waals surface area contributed by atoms with Crippen LogP contribution in [-0.2, 0) is 6.42 Å². The molecule has 0 amide bonds. The van der Waals surface area contributed by atoms with Crippen LogP contribution in [0, 0.1) is 5.82 Å². The fraction of sp³-hybridized carbons (Fsp3) is 0.250. The molecule has 2 aromatic carbocycles. The van der Waals surface area contributed by atoms with Crippen LogP contribution in [0.25, 0.3) is 0 Å². The molecule has 3 rings (SSSR count). The number of benzene rings is 2. The van der Waals surface area contributed by atoms with Gasteiger partial charge in [0.05, 0.1) is 0 Å².